The highest BCUT2D eigenvalue weighted by Gasteiger charge is 2.35. The second-order valence-electron chi connectivity index (χ2n) is 7.70. The molecule has 1 saturated carbocycles. The van der Waals surface area contributed by atoms with Gasteiger partial charge in [0.05, 0.1) is 0 Å². The molecule has 7 heteroatoms. The van der Waals surface area contributed by atoms with Crippen molar-refractivity contribution in [3.8, 4) is 0 Å². The predicted octanol–water partition coefficient (Wildman–Crippen LogP) is 2.20. The minimum Gasteiger partial charge on any atom is -0.344 e. The second kappa shape index (κ2) is 9.17. The maximum absolute atomic E-state index is 13.1. The van der Waals surface area contributed by atoms with E-state index < -0.39 is 6.04 Å². The van der Waals surface area contributed by atoms with Crippen molar-refractivity contribution in [2.24, 2.45) is 5.92 Å². The lowest BCUT2D eigenvalue weighted by molar-refractivity contribution is -0.137. The van der Waals surface area contributed by atoms with Gasteiger partial charge in [-0.1, -0.05) is 12.8 Å². The quantitative estimate of drug-likeness (QED) is 0.858. The van der Waals surface area contributed by atoms with Crippen molar-refractivity contribution >= 4 is 17.7 Å². The van der Waals surface area contributed by atoms with Crippen LogP contribution in [0.4, 0.5) is 4.39 Å². The number of rotatable bonds is 4. The van der Waals surface area contributed by atoms with Gasteiger partial charge in [0, 0.05) is 38.7 Å². The van der Waals surface area contributed by atoms with E-state index in [1.165, 1.54) is 31.2 Å². The first kappa shape index (κ1) is 20.3. The Kier molecular flexibility index (Phi) is 6.65. The van der Waals surface area contributed by atoms with Gasteiger partial charge in [-0.25, -0.2) is 4.39 Å². The Bertz CT molecular complexity index is 716. The highest BCUT2D eigenvalue weighted by atomic mass is 19.1. The third kappa shape index (κ3) is 4.88. The molecule has 2 fully saturated rings. The average Bonchev–Trinajstić information content (AvgIpc) is 3.09. The Morgan fingerprint density at radius 3 is 2.21 bits per heavy atom. The zero-order valence-corrected chi connectivity index (χ0v) is 16.3. The molecule has 1 unspecified atom stereocenters. The molecule has 2 aliphatic rings. The van der Waals surface area contributed by atoms with E-state index in [4.69, 9.17) is 0 Å². The Balaban J connectivity index is 1.64. The summed E-state index contributed by atoms with van der Waals surface area (Å²) in [5.41, 5.74) is 0.447. The molecular formula is C21H28FN3O3. The Labute approximate surface area is 165 Å². The van der Waals surface area contributed by atoms with Crippen LogP contribution in [0.25, 0.3) is 0 Å². The number of hydrogen-bond acceptors (Lipinski definition) is 3. The number of carbonyl (C=O) groups excluding carboxylic acids is 3. The van der Waals surface area contributed by atoms with Crippen molar-refractivity contribution in [3.05, 3.63) is 35.6 Å². The smallest absolute Gasteiger partial charge is 0.253 e. The number of nitrogens with one attached hydrogen (secondary N) is 1. The monoisotopic (exact) mass is 389 g/mol. The molecule has 1 atom stereocenters. The van der Waals surface area contributed by atoms with E-state index in [0.717, 1.165) is 25.7 Å². The van der Waals surface area contributed by atoms with Gasteiger partial charge in [-0.3, -0.25) is 14.4 Å². The van der Waals surface area contributed by atoms with Gasteiger partial charge in [-0.05, 0) is 49.4 Å². The summed E-state index contributed by atoms with van der Waals surface area (Å²) in [6, 6.07) is 5.05. The lowest BCUT2D eigenvalue weighted by Crippen LogP contribution is -2.52. The van der Waals surface area contributed by atoms with E-state index >= 15 is 0 Å². The van der Waals surface area contributed by atoms with Gasteiger partial charge in [-0.15, -0.1) is 0 Å². The van der Waals surface area contributed by atoms with E-state index in [1.54, 1.807) is 9.80 Å². The summed E-state index contributed by atoms with van der Waals surface area (Å²) in [4.78, 5) is 40.9. The van der Waals surface area contributed by atoms with Crippen LogP contribution in [-0.4, -0.2) is 59.7 Å². The number of hydrogen-bond donors (Lipinski definition) is 1. The van der Waals surface area contributed by atoms with Crippen LogP contribution in [0.5, 0.6) is 0 Å². The van der Waals surface area contributed by atoms with Crippen molar-refractivity contribution in [2.75, 3.05) is 26.2 Å². The molecule has 1 saturated heterocycles. The van der Waals surface area contributed by atoms with Crippen LogP contribution in [0.3, 0.4) is 0 Å². The average molecular weight is 389 g/mol. The molecule has 1 aliphatic carbocycles. The van der Waals surface area contributed by atoms with Crippen LogP contribution < -0.4 is 5.32 Å². The first-order chi connectivity index (χ1) is 13.5. The van der Waals surface area contributed by atoms with Crippen LogP contribution in [-0.2, 0) is 9.59 Å². The molecule has 152 valence electrons. The third-order valence-electron chi connectivity index (χ3n) is 5.68. The topological polar surface area (TPSA) is 69.7 Å². The van der Waals surface area contributed by atoms with Gasteiger partial charge >= 0.3 is 0 Å². The van der Waals surface area contributed by atoms with Crippen LogP contribution >= 0.6 is 0 Å². The van der Waals surface area contributed by atoms with Gasteiger partial charge in [0.2, 0.25) is 11.8 Å². The van der Waals surface area contributed by atoms with Gasteiger partial charge < -0.3 is 15.1 Å². The fourth-order valence-electron chi connectivity index (χ4n) is 4.20. The van der Waals surface area contributed by atoms with Crippen LogP contribution in [0, 0.1) is 11.7 Å². The Hall–Kier alpha value is -2.44. The lowest BCUT2D eigenvalue weighted by atomic mass is 9.96. The zero-order chi connectivity index (χ0) is 20.1. The molecule has 3 rings (SSSR count). The largest absolute Gasteiger partial charge is 0.344 e. The van der Waals surface area contributed by atoms with Crippen molar-refractivity contribution in [1.82, 2.24) is 15.1 Å². The van der Waals surface area contributed by atoms with Crippen molar-refractivity contribution in [1.29, 1.82) is 0 Å². The normalized spacial score (nSPS) is 19.2. The van der Waals surface area contributed by atoms with Crippen molar-refractivity contribution < 1.29 is 18.8 Å². The number of benzene rings is 1. The molecular weight excluding hydrogens is 361 g/mol. The first-order valence-electron chi connectivity index (χ1n) is 10.1. The van der Waals surface area contributed by atoms with E-state index in [1.807, 2.05) is 0 Å². The number of halogens is 1. The maximum Gasteiger partial charge on any atom is 0.253 e. The molecule has 1 aliphatic heterocycles. The second-order valence-corrected chi connectivity index (χ2v) is 7.70. The van der Waals surface area contributed by atoms with E-state index in [0.29, 0.717) is 38.2 Å². The van der Waals surface area contributed by atoms with E-state index in [9.17, 15) is 18.8 Å². The van der Waals surface area contributed by atoms with Crippen LogP contribution in [0.1, 0.15) is 49.4 Å². The summed E-state index contributed by atoms with van der Waals surface area (Å²) in [5.74, 6) is -0.563. The third-order valence-corrected chi connectivity index (χ3v) is 5.68. The lowest BCUT2D eigenvalue weighted by Gasteiger charge is -2.30. The van der Waals surface area contributed by atoms with Crippen molar-refractivity contribution in [3.63, 3.8) is 0 Å². The molecule has 6 nitrogen and oxygen atoms in total. The summed E-state index contributed by atoms with van der Waals surface area (Å²) in [5, 5.41) is 2.86. The molecule has 0 bridgehead atoms. The highest BCUT2D eigenvalue weighted by Crippen LogP contribution is 2.29. The molecule has 0 spiro atoms. The molecule has 3 amide bonds. The molecule has 0 aromatic heterocycles. The summed E-state index contributed by atoms with van der Waals surface area (Å²) < 4.78 is 13.1. The minimum atomic E-state index is -0.473. The predicted molar refractivity (Wildman–Crippen MR) is 103 cm³/mol. The van der Waals surface area contributed by atoms with Crippen molar-refractivity contribution in [2.45, 2.75) is 45.1 Å². The fourth-order valence-corrected chi connectivity index (χ4v) is 4.20. The summed E-state index contributed by atoms with van der Waals surface area (Å²) in [7, 11) is 0. The number of carbonyl (C=O) groups is 3. The molecule has 1 N–H and O–H groups in total. The SMILES string of the molecule is CC(=O)NC(C(=O)N1CCCN(C(=O)c2ccc(F)cc2)CC1)C1CCCC1. The summed E-state index contributed by atoms with van der Waals surface area (Å²) >= 11 is 0. The highest BCUT2D eigenvalue weighted by molar-refractivity contribution is 5.94. The van der Waals surface area contributed by atoms with Crippen LogP contribution in [0.2, 0.25) is 0 Å². The van der Waals surface area contributed by atoms with E-state index in [2.05, 4.69) is 5.32 Å². The molecule has 1 heterocycles. The summed E-state index contributed by atoms with van der Waals surface area (Å²) in [6.45, 7) is 3.43. The first-order valence-corrected chi connectivity index (χ1v) is 10.1. The fraction of sp³-hybridized carbons (Fsp3) is 0.571. The maximum atomic E-state index is 13.1. The molecule has 0 radical (unpaired) electrons. The molecule has 28 heavy (non-hydrogen) atoms. The van der Waals surface area contributed by atoms with Gasteiger partial charge in [0.25, 0.3) is 5.91 Å². The Morgan fingerprint density at radius 1 is 0.964 bits per heavy atom. The van der Waals surface area contributed by atoms with Gasteiger partial charge in [-0.2, -0.15) is 0 Å². The zero-order valence-electron chi connectivity index (χ0n) is 16.3. The number of nitrogens with zero attached hydrogens (tertiary/aromatic N) is 2. The van der Waals surface area contributed by atoms with Crippen LogP contribution in [0.15, 0.2) is 24.3 Å². The molecule has 1 aromatic carbocycles. The molecule has 1 aromatic rings. The van der Waals surface area contributed by atoms with Gasteiger partial charge in [0.15, 0.2) is 0 Å². The Morgan fingerprint density at radius 2 is 1.57 bits per heavy atom. The minimum absolute atomic E-state index is 0.0434. The summed E-state index contributed by atoms with van der Waals surface area (Å²) in [6.07, 6.45) is 4.78. The number of amides is 3. The standard InChI is InChI=1S/C21H28FN3O3/c1-15(26)23-19(16-5-2-3-6-16)21(28)25-12-4-11-24(13-14-25)20(27)17-7-9-18(22)10-8-17/h7-10,16,19H,2-6,11-14H2,1H3,(H,23,26). The van der Waals surface area contributed by atoms with E-state index in [-0.39, 0.29) is 29.5 Å². The van der Waals surface area contributed by atoms with Gasteiger partial charge in [0.1, 0.15) is 11.9 Å².